The van der Waals surface area contributed by atoms with Gasteiger partial charge in [-0.2, -0.15) is 5.10 Å². The smallest absolute Gasteiger partial charge is 0.267 e. The Bertz CT molecular complexity index is 823. The minimum Gasteiger partial charge on any atom is -0.336 e. The minimum atomic E-state index is -0.548. The van der Waals surface area contributed by atoms with Crippen LogP contribution in [0.5, 0.6) is 0 Å². The molecule has 5 nitrogen and oxygen atoms in total. The predicted molar refractivity (Wildman–Crippen MR) is 88.7 cm³/mol. The summed E-state index contributed by atoms with van der Waals surface area (Å²) in [7, 11) is 0. The van der Waals surface area contributed by atoms with E-state index in [0.717, 1.165) is 43.5 Å². The molecule has 2 aliphatic rings. The van der Waals surface area contributed by atoms with Gasteiger partial charge in [-0.25, -0.2) is 4.68 Å². The molecule has 0 radical (unpaired) electrons. The monoisotopic (exact) mass is 329 g/mol. The van der Waals surface area contributed by atoms with Crippen molar-refractivity contribution in [2.24, 2.45) is 0 Å². The summed E-state index contributed by atoms with van der Waals surface area (Å²) >= 11 is 1.75. The maximum absolute atomic E-state index is 12.8. The molecule has 0 aromatic carbocycles. The van der Waals surface area contributed by atoms with Gasteiger partial charge in [0.15, 0.2) is 0 Å². The van der Waals surface area contributed by atoms with Crippen LogP contribution in [0.25, 0.3) is 0 Å². The molecular formula is C17H19N3O2S. The van der Waals surface area contributed by atoms with Crippen molar-refractivity contribution in [3.63, 3.8) is 0 Å². The molecule has 1 amide bonds. The molecule has 2 aromatic rings. The standard InChI is InChI=1S/C17H19N3O2S/c1-11(20-16(21)9-12-3-2-4-14(12)18-20)17(22)19-7-5-15-13(10-19)6-8-23-15/h6,8-9,11H,2-5,7,10H2,1H3/t11-/m0/s1. The van der Waals surface area contributed by atoms with E-state index in [-0.39, 0.29) is 11.5 Å². The first-order valence-corrected chi connectivity index (χ1v) is 8.97. The Morgan fingerprint density at radius 1 is 1.30 bits per heavy atom. The van der Waals surface area contributed by atoms with Gasteiger partial charge in [0.05, 0.1) is 5.69 Å². The van der Waals surface area contributed by atoms with E-state index < -0.39 is 6.04 Å². The fourth-order valence-electron chi connectivity index (χ4n) is 3.50. The Morgan fingerprint density at radius 2 is 2.17 bits per heavy atom. The summed E-state index contributed by atoms with van der Waals surface area (Å²) in [5, 5.41) is 6.54. The van der Waals surface area contributed by atoms with Crippen molar-refractivity contribution < 1.29 is 4.79 Å². The van der Waals surface area contributed by atoms with Crippen LogP contribution in [0.1, 0.15) is 41.1 Å². The number of fused-ring (bicyclic) bond motifs is 2. The average molecular weight is 329 g/mol. The summed E-state index contributed by atoms with van der Waals surface area (Å²) in [6.45, 7) is 3.14. The number of carbonyl (C=O) groups is 1. The SMILES string of the molecule is C[C@@H](C(=O)N1CCc2sccc2C1)n1nc2c(cc1=O)CCC2. The number of thiophene rings is 1. The van der Waals surface area contributed by atoms with Crippen LogP contribution >= 0.6 is 11.3 Å². The largest absolute Gasteiger partial charge is 0.336 e. The molecule has 23 heavy (non-hydrogen) atoms. The zero-order valence-corrected chi connectivity index (χ0v) is 13.9. The Hall–Kier alpha value is -1.95. The van der Waals surface area contributed by atoms with Crippen molar-refractivity contribution in [1.82, 2.24) is 14.7 Å². The normalized spacial score (nSPS) is 17.7. The van der Waals surface area contributed by atoms with Crippen molar-refractivity contribution in [3.8, 4) is 0 Å². The van der Waals surface area contributed by atoms with E-state index in [9.17, 15) is 9.59 Å². The molecule has 6 heteroatoms. The quantitative estimate of drug-likeness (QED) is 0.846. The van der Waals surface area contributed by atoms with Crippen LogP contribution in [0.3, 0.4) is 0 Å². The Balaban J connectivity index is 1.59. The second-order valence-corrected chi connectivity index (χ2v) is 7.31. The zero-order chi connectivity index (χ0) is 16.0. The van der Waals surface area contributed by atoms with Crippen LogP contribution in [0.4, 0.5) is 0 Å². The summed E-state index contributed by atoms with van der Waals surface area (Å²) in [6.07, 6.45) is 3.77. The summed E-state index contributed by atoms with van der Waals surface area (Å²) in [5.41, 5.74) is 3.09. The van der Waals surface area contributed by atoms with Crippen molar-refractivity contribution in [3.05, 3.63) is 49.6 Å². The Morgan fingerprint density at radius 3 is 3.04 bits per heavy atom. The van der Waals surface area contributed by atoms with Crippen LogP contribution in [-0.4, -0.2) is 27.1 Å². The molecule has 1 atom stereocenters. The number of rotatable bonds is 2. The first kappa shape index (κ1) is 14.6. The average Bonchev–Trinajstić information content (AvgIpc) is 3.20. The van der Waals surface area contributed by atoms with E-state index >= 15 is 0 Å². The molecule has 0 fully saturated rings. The van der Waals surface area contributed by atoms with Gasteiger partial charge >= 0.3 is 0 Å². The van der Waals surface area contributed by atoms with Crippen molar-refractivity contribution in [2.45, 2.75) is 45.2 Å². The molecule has 0 saturated carbocycles. The molecule has 0 unspecified atom stereocenters. The second-order valence-electron chi connectivity index (χ2n) is 6.31. The summed E-state index contributed by atoms with van der Waals surface area (Å²) in [6, 6.07) is 3.20. The first-order valence-electron chi connectivity index (χ1n) is 8.09. The van der Waals surface area contributed by atoms with E-state index in [1.165, 1.54) is 15.1 Å². The molecular weight excluding hydrogens is 310 g/mol. The molecule has 0 spiro atoms. The fraction of sp³-hybridized carbons (Fsp3) is 0.471. The third-order valence-electron chi connectivity index (χ3n) is 4.83. The number of aromatic nitrogens is 2. The summed E-state index contributed by atoms with van der Waals surface area (Å²) < 4.78 is 1.37. The van der Waals surface area contributed by atoms with Gasteiger partial charge in [0.2, 0.25) is 5.91 Å². The zero-order valence-electron chi connectivity index (χ0n) is 13.1. The van der Waals surface area contributed by atoms with Crippen LogP contribution in [0.15, 0.2) is 22.3 Å². The molecule has 1 aliphatic carbocycles. The third-order valence-corrected chi connectivity index (χ3v) is 5.85. The highest BCUT2D eigenvalue weighted by molar-refractivity contribution is 7.10. The van der Waals surface area contributed by atoms with Crippen LogP contribution in [0, 0.1) is 0 Å². The first-order chi connectivity index (χ1) is 11.1. The van der Waals surface area contributed by atoms with Gasteiger partial charge in [0, 0.05) is 24.0 Å². The lowest BCUT2D eigenvalue weighted by atomic mass is 10.1. The lowest BCUT2D eigenvalue weighted by molar-refractivity contribution is -0.135. The van der Waals surface area contributed by atoms with Crippen molar-refractivity contribution >= 4 is 17.2 Å². The highest BCUT2D eigenvalue weighted by Gasteiger charge is 2.28. The van der Waals surface area contributed by atoms with Gasteiger partial charge in [0.25, 0.3) is 5.56 Å². The molecule has 4 rings (SSSR count). The highest BCUT2D eigenvalue weighted by atomic mass is 32.1. The van der Waals surface area contributed by atoms with Crippen LogP contribution in [-0.2, 0) is 30.6 Å². The van der Waals surface area contributed by atoms with Gasteiger partial charge in [-0.15, -0.1) is 11.3 Å². The van der Waals surface area contributed by atoms with Crippen LogP contribution in [0.2, 0.25) is 0 Å². The van der Waals surface area contributed by atoms with Gasteiger partial charge in [-0.3, -0.25) is 9.59 Å². The molecule has 3 heterocycles. The predicted octanol–water partition coefficient (Wildman–Crippen LogP) is 1.94. The lowest BCUT2D eigenvalue weighted by Crippen LogP contribution is -2.42. The topological polar surface area (TPSA) is 55.2 Å². The van der Waals surface area contributed by atoms with Gasteiger partial charge < -0.3 is 4.90 Å². The number of amides is 1. The van der Waals surface area contributed by atoms with E-state index in [0.29, 0.717) is 6.54 Å². The fourth-order valence-corrected chi connectivity index (χ4v) is 4.39. The van der Waals surface area contributed by atoms with Crippen LogP contribution < -0.4 is 5.56 Å². The molecule has 0 bridgehead atoms. The van der Waals surface area contributed by atoms with Gasteiger partial charge in [0.1, 0.15) is 6.04 Å². The summed E-state index contributed by atoms with van der Waals surface area (Å²) in [4.78, 5) is 28.3. The maximum Gasteiger partial charge on any atom is 0.267 e. The number of aryl methyl sites for hydroxylation is 2. The minimum absolute atomic E-state index is 0.0191. The molecule has 1 aliphatic heterocycles. The third kappa shape index (κ3) is 2.51. The summed E-state index contributed by atoms with van der Waals surface area (Å²) in [5.74, 6) is -0.0191. The van der Waals surface area contributed by atoms with Crippen molar-refractivity contribution in [2.75, 3.05) is 6.54 Å². The highest BCUT2D eigenvalue weighted by Crippen LogP contribution is 2.25. The molecule has 2 aromatic heterocycles. The number of carbonyl (C=O) groups excluding carboxylic acids is 1. The maximum atomic E-state index is 12.8. The number of nitrogens with zero attached hydrogens (tertiary/aromatic N) is 3. The Kier molecular flexibility index (Phi) is 3.56. The lowest BCUT2D eigenvalue weighted by Gasteiger charge is -2.29. The molecule has 120 valence electrons. The van der Waals surface area contributed by atoms with Gasteiger partial charge in [-0.05, 0) is 55.2 Å². The second kappa shape index (κ2) is 5.60. The van der Waals surface area contributed by atoms with E-state index in [4.69, 9.17) is 0 Å². The molecule has 0 saturated heterocycles. The number of hydrogen-bond acceptors (Lipinski definition) is 4. The van der Waals surface area contributed by atoms with Crippen molar-refractivity contribution in [1.29, 1.82) is 0 Å². The number of hydrogen-bond donors (Lipinski definition) is 0. The Labute approximate surface area is 138 Å². The van der Waals surface area contributed by atoms with E-state index in [1.54, 1.807) is 24.3 Å². The van der Waals surface area contributed by atoms with E-state index in [1.807, 2.05) is 4.90 Å². The van der Waals surface area contributed by atoms with Gasteiger partial charge in [-0.1, -0.05) is 0 Å². The van der Waals surface area contributed by atoms with E-state index in [2.05, 4.69) is 16.5 Å². The molecule has 0 N–H and O–H groups in total.